The molecule has 0 aliphatic heterocycles. The molecule has 3 nitrogen and oxygen atoms in total. The molecule has 1 aliphatic rings. The zero-order valence-electron chi connectivity index (χ0n) is 13.5. The molecule has 1 aromatic rings. The monoisotopic (exact) mass is 264 g/mol. The van der Waals surface area contributed by atoms with Gasteiger partial charge in [-0.2, -0.15) is 4.98 Å². The molecule has 0 saturated heterocycles. The summed E-state index contributed by atoms with van der Waals surface area (Å²) in [6, 6.07) is 0. The van der Waals surface area contributed by atoms with Gasteiger partial charge in [-0.3, -0.25) is 0 Å². The molecule has 1 aliphatic carbocycles. The lowest BCUT2D eigenvalue weighted by Gasteiger charge is -2.39. The molecule has 0 amide bonds. The maximum Gasteiger partial charge on any atom is 0.232 e. The Morgan fingerprint density at radius 2 is 1.84 bits per heavy atom. The molecule has 3 heteroatoms. The SMILES string of the molecule is CC(C)(C)c1nc(C[C@@H]2CCC(C)(C)C2(C)C)no1. The van der Waals surface area contributed by atoms with E-state index in [1.54, 1.807) is 0 Å². The van der Waals surface area contributed by atoms with Gasteiger partial charge in [0.1, 0.15) is 0 Å². The molecule has 0 spiro atoms. The molecule has 1 atom stereocenters. The Bertz CT molecular complexity index is 452. The van der Waals surface area contributed by atoms with Gasteiger partial charge < -0.3 is 4.52 Å². The van der Waals surface area contributed by atoms with Crippen LogP contribution in [0.5, 0.6) is 0 Å². The van der Waals surface area contributed by atoms with E-state index in [-0.39, 0.29) is 5.41 Å². The van der Waals surface area contributed by atoms with E-state index in [0.29, 0.717) is 16.7 Å². The van der Waals surface area contributed by atoms with E-state index in [1.165, 1.54) is 12.8 Å². The van der Waals surface area contributed by atoms with Gasteiger partial charge in [-0.05, 0) is 29.6 Å². The van der Waals surface area contributed by atoms with Gasteiger partial charge in [0.2, 0.25) is 5.89 Å². The number of nitrogens with zero attached hydrogens (tertiary/aromatic N) is 2. The first-order valence-electron chi connectivity index (χ1n) is 7.37. The van der Waals surface area contributed by atoms with E-state index in [2.05, 4.69) is 58.6 Å². The molecule has 1 heterocycles. The highest BCUT2D eigenvalue weighted by Gasteiger charge is 2.48. The fourth-order valence-corrected chi connectivity index (χ4v) is 2.99. The van der Waals surface area contributed by atoms with Gasteiger partial charge in [0, 0.05) is 11.8 Å². The first-order valence-corrected chi connectivity index (χ1v) is 7.37. The van der Waals surface area contributed by atoms with Gasteiger partial charge in [0.05, 0.1) is 0 Å². The quantitative estimate of drug-likeness (QED) is 0.796. The third-order valence-electron chi connectivity index (χ3n) is 5.42. The molecule has 0 unspecified atom stereocenters. The Morgan fingerprint density at radius 3 is 2.26 bits per heavy atom. The Balaban J connectivity index is 2.13. The van der Waals surface area contributed by atoms with Crippen molar-refractivity contribution in [3.05, 3.63) is 11.7 Å². The van der Waals surface area contributed by atoms with Crippen LogP contribution in [-0.2, 0) is 11.8 Å². The summed E-state index contributed by atoms with van der Waals surface area (Å²) in [6.45, 7) is 15.8. The fourth-order valence-electron chi connectivity index (χ4n) is 2.99. The summed E-state index contributed by atoms with van der Waals surface area (Å²) >= 11 is 0. The lowest BCUT2D eigenvalue weighted by molar-refractivity contribution is 0.106. The van der Waals surface area contributed by atoms with Gasteiger partial charge in [-0.25, -0.2) is 0 Å². The number of hydrogen-bond donors (Lipinski definition) is 0. The summed E-state index contributed by atoms with van der Waals surface area (Å²) in [4.78, 5) is 4.58. The highest BCUT2D eigenvalue weighted by Crippen LogP contribution is 2.56. The van der Waals surface area contributed by atoms with Gasteiger partial charge in [0.25, 0.3) is 0 Å². The van der Waals surface area contributed by atoms with Crippen molar-refractivity contribution < 1.29 is 4.52 Å². The molecule has 19 heavy (non-hydrogen) atoms. The zero-order chi connectivity index (χ0) is 14.5. The molecule has 0 N–H and O–H groups in total. The van der Waals surface area contributed by atoms with Gasteiger partial charge in [-0.1, -0.05) is 53.6 Å². The van der Waals surface area contributed by atoms with Crippen LogP contribution in [-0.4, -0.2) is 10.1 Å². The molecule has 0 aromatic carbocycles. The van der Waals surface area contributed by atoms with Crippen molar-refractivity contribution in [2.24, 2.45) is 16.7 Å². The molecule has 108 valence electrons. The van der Waals surface area contributed by atoms with Crippen LogP contribution in [0.3, 0.4) is 0 Å². The lowest BCUT2D eigenvalue weighted by atomic mass is 9.66. The van der Waals surface area contributed by atoms with E-state index in [0.717, 1.165) is 18.1 Å². The Hall–Kier alpha value is -0.860. The third kappa shape index (κ3) is 2.56. The van der Waals surface area contributed by atoms with Crippen LogP contribution in [0.1, 0.15) is 73.0 Å². The fraction of sp³-hybridized carbons (Fsp3) is 0.875. The molecule has 2 rings (SSSR count). The second-order valence-electron chi connectivity index (χ2n) is 8.31. The van der Waals surface area contributed by atoms with Gasteiger partial charge in [-0.15, -0.1) is 0 Å². The summed E-state index contributed by atoms with van der Waals surface area (Å²) in [7, 11) is 0. The summed E-state index contributed by atoms with van der Waals surface area (Å²) in [6.07, 6.45) is 3.49. The minimum Gasteiger partial charge on any atom is -0.339 e. The first kappa shape index (κ1) is 14.5. The molecule has 1 fully saturated rings. The molecule has 1 saturated carbocycles. The third-order valence-corrected chi connectivity index (χ3v) is 5.42. The maximum absolute atomic E-state index is 5.40. The van der Waals surface area contributed by atoms with Crippen molar-refractivity contribution in [1.29, 1.82) is 0 Å². The minimum atomic E-state index is -0.0598. The second-order valence-corrected chi connectivity index (χ2v) is 8.31. The van der Waals surface area contributed by atoms with Crippen molar-refractivity contribution in [2.75, 3.05) is 0 Å². The van der Waals surface area contributed by atoms with Crippen LogP contribution in [0.15, 0.2) is 4.52 Å². The topological polar surface area (TPSA) is 38.9 Å². The van der Waals surface area contributed by atoms with Crippen molar-refractivity contribution in [3.63, 3.8) is 0 Å². The summed E-state index contributed by atoms with van der Waals surface area (Å²) in [5.74, 6) is 2.27. The van der Waals surface area contributed by atoms with Crippen molar-refractivity contribution in [1.82, 2.24) is 10.1 Å². The summed E-state index contributed by atoms with van der Waals surface area (Å²) < 4.78 is 5.40. The number of rotatable bonds is 2. The molecule has 1 aromatic heterocycles. The lowest BCUT2D eigenvalue weighted by Crippen LogP contribution is -2.32. The standard InChI is InChI=1S/C16H28N2O/c1-14(2,3)13-17-12(18-19-13)10-11-8-9-15(4,5)16(11,6)7/h11H,8-10H2,1-7H3/t11-/m0/s1. The van der Waals surface area contributed by atoms with E-state index >= 15 is 0 Å². The summed E-state index contributed by atoms with van der Waals surface area (Å²) in [5, 5.41) is 4.17. The number of hydrogen-bond acceptors (Lipinski definition) is 3. The molecular weight excluding hydrogens is 236 g/mol. The van der Waals surface area contributed by atoms with E-state index in [4.69, 9.17) is 4.52 Å². The Morgan fingerprint density at radius 1 is 1.21 bits per heavy atom. The summed E-state index contributed by atoms with van der Waals surface area (Å²) in [5.41, 5.74) is 0.666. The highest BCUT2D eigenvalue weighted by molar-refractivity contribution is 5.03. The molecule has 0 bridgehead atoms. The second kappa shape index (κ2) is 4.32. The average molecular weight is 264 g/mol. The molecular formula is C16H28N2O. The van der Waals surface area contributed by atoms with Crippen LogP contribution >= 0.6 is 0 Å². The largest absolute Gasteiger partial charge is 0.339 e. The average Bonchev–Trinajstić information content (AvgIpc) is 2.77. The van der Waals surface area contributed by atoms with Crippen molar-refractivity contribution in [2.45, 2.75) is 73.1 Å². The highest BCUT2D eigenvalue weighted by atomic mass is 16.5. The predicted octanol–water partition coefficient (Wildman–Crippen LogP) is 4.37. The Kier molecular flexibility index (Phi) is 3.31. The van der Waals surface area contributed by atoms with E-state index in [9.17, 15) is 0 Å². The zero-order valence-corrected chi connectivity index (χ0v) is 13.5. The predicted molar refractivity (Wildman–Crippen MR) is 77.0 cm³/mol. The van der Waals surface area contributed by atoms with Gasteiger partial charge >= 0.3 is 0 Å². The van der Waals surface area contributed by atoms with Crippen LogP contribution in [0, 0.1) is 16.7 Å². The normalized spacial score (nSPS) is 25.7. The molecule has 0 radical (unpaired) electrons. The number of aromatic nitrogens is 2. The van der Waals surface area contributed by atoms with Crippen molar-refractivity contribution in [3.8, 4) is 0 Å². The van der Waals surface area contributed by atoms with Crippen molar-refractivity contribution >= 4 is 0 Å². The van der Waals surface area contributed by atoms with E-state index in [1.807, 2.05) is 0 Å². The smallest absolute Gasteiger partial charge is 0.232 e. The van der Waals surface area contributed by atoms with Crippen LogP contribution in [0.2, 0.25) is 0 Å². The minimum absolute atomic E-state index is 0.0598. The van der Waals surface area contributed by atoms with Crippen LogP contribution < -0.4 is 0 Å². The first-order chi connectivity index (χ1) is 8.54. The van der Waals surface area contributed by atoms with E-state index < -0.39 is 0 Å². The maximum atomic E-state index is 5.40. The van der Waals surface area contributed by atoms with Gasteiger partial charge in [0.15, 0.2) is 5.82 Å². The van der Waals surface area contributed by atoms with Crippen LogP contribution in [0.25, 0.3) is 0 Å². The van der Waals surface area contributed by atoms with Crippen LogP contribution in [0.4, 0.5) is 0 Å². The Labute approximate surface area is 117 Å².